The number of phenolic OH excluding ortho intramolecular Hbond substituents is 1. The number of benzene rings is 2. The maximum atomic E-state index is 13.1. The standard InChI is InChI=1S/C22H18N2O3S/c1-13-12-15(7-10-18(13)25)24-21(26)20-19(14-5-8-16(27-2)9-6-14)17-4-3-11-23-22(17)28-20/h3-12,25H,1-2H3,(H,24,26). The summed E-state index contributed by atoms with van der Waals surface area (Å²) in [6, 6.07) is 16.5. The van der Waals surface area contributed by atoms with Crippen molar-refractivity contribution in [2.45, 2.75) is 6.92 Å². The smallest absolute Gasteiger partial charge is 0.266 e. The van der Waals surface area contributed by atoms with Gasteiger partial charge in [-0.15, -0.1) is 11.3 Å². The summed E-state index contributed by atoms with van der Waals surface area (Å²) in [5, 5.41) is 13.6. The highest BCUT2D eigenvalue weighted by atomic mass is 32.1. The molecule has 4 aromatic rings. The number of thiophene rings is 1. The van der Waals surface area contributed by atoms with Crippen molar-refractivity contribution in [2.24, 2.45) is 0 Å². The van der Waals surface area contributed by atoms with E-state index in [1.807, 2.05) is 36.4 Å². The van der Waals surface area contributed by atoms with E-state index in [-0.39, 0.29) is 11.7 Å². The van der Waals surface area contributed by atoms with Gasteiger partial charge in [-0.2, -0.15) is 0 Å². The highest BCUT2D eigenvalue weighted by molar-refractivity contribution is 7.21. The minimum absolute atomic E-state index is 0.197. The molecular formula is C22H18N2O3S. The number of carbonyl (C=O) groups excluding carboxylic acids is 1. The molecule has 0 aliphatic carbocycles. The molecule has 28 heavy (non-hydrogen) atoms. The van der Waals surface area contributed by atoms with Gasteiger partial charge in [-0.05, 0) is 60.5 Å². The van der Waals surface area contributed by atoms with Gasteiger partial charge in [0.1, 0.15) is 21.2 Å². The van der Waals surface area contributed by atoms with Gasteiger partial charge in [0.25, 0.3) is 5.91 Å². The van der Waals surface area contributed by atoms with E-state index >= 15 is 0 Å². The third-order valence-electron chi connectivity index (χ3n) is 4.51. The second-order valence-corrected chi connectivity index (χ2v) is 7.35. The lowest BCUT2D eigenvalue weighted by Gasteiger charge is -2.09. The van der Waals surface area contributed by atoms with E-state index in [0.717, 1.165) is 27.1 Å². The zero-order valence-corrected chi connectivity index (χ0v) is 16.2. The first-order valence-corrected chi connectivity index (χ1v) is 9.51. The number of aromatic hydroxyl groups is 1. The number of fused-ring (bicyclic) bond motifs is 1. The Hall–Kier alpha value is -3.38. The van der Waals surface area contributed by atoms with Crippen LogP contribution >= 0.6 is 11.3 Å². The molecule has 4 rings (SSSR count). The van der Waals surface area contributed by atoms with Gasteiger partial charge in [0.2, 0.25) is 0 Å². The first-order valence-electron chi connectivity index (χ1n) is 8.69. The summed E-state index contributed by atoms with van der Waals surface area (Å²) in [5.74, 6) is 0.744. The number of aromatic nitrogens is 1. The number of aryl methyl sites for hydroxylation is 1. The molecule has 0 bridgehead atoms. The topological polar surface area (TPSA) is 71.5 Å². The van der Waals surface area contributed by atoms with E-state index in [0.29, 0.717) is 16.1 Å². The lowest BCUT2D eigenvalue weighted by atomic mass is 10.0. The number of methoxy groups -OCH3 is 1. The Morgan fingerprint density at radius 3 is 2.64 bits per heavy atom. The molecule has 0 saturated heterocycles. The number of hydrogen-bond donors (Lipinski definition) is 2. The molecule has 0 atom stereocenters. The number of nitrogens with zero attached hydrogens (tertiary/aromatic N) is 1. The zero-order valence-electron chi connectivity index (χ0n) is 15.4. The molecule has 0 saturated carbocycles. The molecule has 0 aliphatic heterocycles. The maximum absolute atomic E-state index is 13.1. The molecule has 0 aliphatic rings. The van der Waals surface area contributed by atoms with Gasteiger partial charge in [-0.1, -0.05) is 12.1 Å². The fourth-order valence-corrected chi connectivity index (χ4v) is 4.12. The molecule has 1 amide bonds. The molecule has 2 heterocycles. The quantitative estimate of drug-likeness (QED) is 0.468. The van der Waals surface area contributed by atoms with Crippen molar-refractivity contribution in [1.29, 1.82) is 0 Å². The average Bonchev–Trinajstić information content (AvgIpc) is 3.10. The maximum Gasteiger partial charge on any atom is 0.266 e. The monoisotopic (exact) mass is 390 g/mol. The van der Waals surface area contributed by atoms with Crippen LogP contribution in [0.2, 0.25) is 0 Å². The second-order valence-electron chi connectivity index (χ2n) is 6.35. The van der Waals surface area contributed by atoms with Crippen LogP contribution < -0.4 is 10.1 Å². The van der Waals surface area contributed by atoms with Crippen molar-refractivity contribution in [3.63, 3.8) is 0 Å². The summed E-state index contributed by atoms with van der Waals surface area (Å²) in [6.45, 7) is 1.79. The third kappa shape index (κ3) is 3.30. The van der Waals surface area contributed by atoms with Gasteiger partial charge in [0.05, 0.1) is 7.11 Å². The van der Waals surface area contributed by atoms with E-state index in [4.69, 9.17) is 4.74 Å². The van der Waals surface area contributed by atoms with Crippen LogP contribution in [0, 0.1) is 6.92 Å². The Bertz CT molecular complexity index is 1170. The minimum atomic E-state index is -0.209. The summed E-state index contributed by atoms with van der Waals surface area (Å²) < 4.78 is 5.24. The van der Waals surface area contributed by atoms with Crippen molar-refractivity contribution in [3.05, 3.63) is 71.2 Å². The summed E-state index contributed by atoms with van der Waals surface area (Å²) >= 11 is 1.36. The minimum Gasteiger partial charge on any atom is -0.508 e. The number of phenols is 1. The van der Waals surface area contributed by atoms with Crippen LogP contribution in [0.15, 0.2) is 60.8 Å². The first-order chi connectivity index (χ1) is 13.6. The average molecular weight is 390 g/mol. The van der Waals surface area contributed by atoms with Crippen molar-refractivity contribution in [2.75, 3.05) is 12.4 Å². The number of amides is 1. The van der Waals surface area contributed by atoms with Crippen LogP contribution in [0.1, 0.15) is 15.2 Å². The van der Waals surface area contributed by atoms with Crippen LogP contribution in [-0.2, 0) is 0 Å². The largest absolute Gasteiger partial charge is 0.508 e. The fourth-order valence-electron chi connectivity index (χ4n) is 3.06. The number of rotatable bonds is 4. The number of nitrogens with one attached hydrogen (secondary N) is 1. The van der Waals surface area contributed by atoms with Gasteiger partial charge >= 0.3 is 0 Å². The summed E-state index contributed by atoms with van der Waals surface area (Å²) in [7, 11) is 1.62. The molecule has 2 aromatic heterocycles. The molecular weight excluding hydrogens is 372 g/mol. The Morgan fingerprint density at radius 1 is 1.14 bits per heavy atom. The molecule has 0 fully saturated rings. The summed E-state index contributed by atoms with van der Waals surface area (Å²) in [5.41, 5.74) is 3.11. The Kier molecular flexibility index (Phi) is 4.71. The normalized spacial score (nSPS) is 10.8. The molecule has 2 aromatic carbocycles. The van der Waals surface area contributed by atoms with Gasteiger partial charge in [0.15, 0.2) is 0 Å². The molecule has 2 N–H and O–H groups in total. The first kappa shape index (κ1) is 18.0. The summed E-state index contributed by atoms with van der Waals surface area (Å²) in [4.78, 5) is 18.9. The second kappa shape index (κ2) is 7.32. The third-order valence-corrected chi connectivity index (χ3v) is 5.62. The van der Waals surface area contributed by atoms with Crippen LogP contribution in [0.4, 0.5) is 5.69 Å². The lowest BCUT2D eigenvalue weighted by Crippen LogP contribution is -2.11. The Morgan fingerprint density at radius 2 is 1.93 bits per heavy atom. The number of pyridine rings is 1. The van der Waals surface area contributed by atoms with E-state index < -0.39 is 0 Å². The highest BCUT2D eigenvalue weighted by Gasteiger charge is 2.20. The van der Waals surface area contributed by atoms with Crippen molar-refractivity contribution in [3.8, 4) is 22.6 Å². The molecule has 0 spiro atoms. The SMILES string of the molecule is COc1ccc(-c2c(C(=O)Nc3ccc(O)c(C)c3)sc3ncccc23)cc1. The van der Waals surface area contributed by atoms with Gasteiger partial charge < -0.3 is 15.2 Å². The Labute approximate surface area is 166 Å². The summed E-state index contributed by atoms with van der Waals surface area (Å²) in [6.07, 6.45) is 1.72. The van der Waals surface area contributed by atoms with E-state index in [1.165, 1.54) is 11.3 Å². The van der Waals surface area contributed by atoms with Crippen LogP contribution in [0.5, 0.6) is 11.5 Å². The zero-order chi connectivity index (χ0) is 19.7. The van der Waals surface area contributed by atoms with E-state index in [9.17, 15) is 9.90 Å². The van der Waals surface area contributed by atoms with Gasteiger partial charge in [-0.3, -0.25) is 4.79 Å². The molecule has 6 heteroatoms. The Balaban J connectivity index is 1.79. The van der Waals surface area contributed by atoms with Crippen molar-refractivity contribution < 1.29 is 14.6 Å². The van der Waals surface area contributed by atoms with Gasteiger partial charge in [-0.25, -0.2) is 4.98 Å². The van der Waals surface area contributed by atoms with E-state index in [2.05, 4.69) is 10.3 Å². The number of ether oxygens (including phenoxy) is 1. The van der Waals surface area contributed by atoms with E-state index in [1.54, 1.807) is 38.4 Å². The number of carbonyl (C=O) groups is 1. The molecule has 140 valence electrons. The van der Waals surface area contributed by atoms with Crippen LogP contribution in [-0.4, -0.2) is 23.1 Å². The molecule has 5 nitrogen and oxygen atoms in total. The van der Waals surface area contributed by atoms with Crippen molar-refractivity contribution in [1.82, 2.24) is 4.98 Å². The molecule has 0 unspecified atom stereocenters. The fraction of sp³-hybridized carbons (Fsp3) is 0.0909. The number of anilines is 1. The van der Waals surface area contributed by atoms with Crippen LogP contribution in [0.25, 0.3) is 21.3 Å². The van der Waals surface area contributed by atoms with Crippen LogP contribution in [0.3, 0.4) is 0 Å². The molecule has 0 radical (unpaired) electrons. The van der Waals surface area contributed by atoms with Crippen molar-refractivity contribution >= 4 is 33.1 Å². The number of hydrogen-bond acceptors (Lipinski definition) is 5. The lowest BCUT2D eigenvalue weighted by molar-refractivity contribution is 0.103. The predicted octanol–water partition coefficient (Wildman–Crippen LogP) is 5.24. The van der Waals surface area contributed by atoms with Gasteiger partial charge in [0, 0.05) is 22.8 Å². The predicted molar refractivity (Wildman–Crippen MR) is 112 cm³/mol. The highest BCUT2D eigenvalue weighted by Crippen LogP contribution is 2.38.